The van der Waals surface area contributed by atoms with Crippen molar-refractivity contribution < 1.29 is 19.4 Å². The van der Waals surface area contributed by atoms with Gasteiger partial charge in [0.2, 0.25) is 6.41 Å². The number of benzene rings is 1. The van der Waals surface area contributed by atoms with Crippen molar-refractivity contribution in [2.45, 2.75) is 18.9 Å². The third-order valence-electron chi connectivity index (χ3n) is 5.99. The second-order valence-electron chi connectivity index (χ2n) is 8.64. The highest BCUT2D eigenvalue weighted by atomic mass is 16.5. The van der Waals surface area contributed by atoms with Gasteiger partial charge in [-0.05, 0) is 37.4 Å². The van der Waals surface area contributed by atoms with Crippen molar-refractivity contribution in [3.8, 4) is 0 Å². The van der Waals surface area contributed by atoms with Crippen LogP contribution < -0.4 is 20.9 Å². The van der Waals surface area contributed by atoms with Crippen LogP contribution in [0.4, 0.5) is 17.2 Å². The summed E-state index contributed by atoms with van der Waals surface area (Å²) in [6.45, 7) is 6.69. The fourth-order valence-corrected chi connectivity index (χ4v) is 3.97. The van der Waals surface area contributed by atoms with E-state index in [9.17, 15) is 9.59 Å². The van der Waals surface area contributed by atoms with E-state index in [0.717, 1.165) is 17.8 Å². The molecule has 3 rings (SSSR count). The number of nitrogens with zero attached hydrogens (tertiary/aromatic N) is 5. The fourth-order valence-electron chi connectivity index (χ4n) is 3.97. The summed E-state index contributed by atoms with van der Waals surface area (Å²) in [6, 6.07) is 11.3. The van der Waals surface area contributed by atoms with Gasteiger partial charge in [-0.15, -0.1) is 0 Å². The van der Waals surface area contributed by atoms with E-state index in [0.29, 0.717) is 69.4 Å². The molecule has 1 aromatic heterocycles. The van der Waals surface area contributed by atoms with Crippen molar-refractivity contribution in [3.05, 3.63) is 48.2 Å². The Bertz CT molecular complexity index is 1080. The van der Waals surface area contributed by atoms with Crippen molar-refractivity contribution in [1.82, 2.24) is 20.6 Å². The number of rotatable bonds is 16. The molecule has 0 radical (unpaired) electrons. The molecule has 2 amide bonds. The van der Waals surface area contributed by atoms with Gasteiger partial charge in [0.05, 0.1) is 36.2 Å². The molecular weight excluding hydrogens is 488 g/mol. The van der Waals surface area contributed by atoms with Crippen molar-refractivity contribution in [2.24, 2.45) is 10.1 Å². The molecule has 1 aliphatic heterocycles. The molecule has 0 saturated heterocycles. The standard InChI is InChI=1S/C26H36N8O4/c1-27-22-6-3-4-7-23(22)29-18-21-16-24(32-33(21)2)31-26(37)20-8-9-25(30-17-20)34(12-10-28-19-36)11-5-14-38-15-13-35/h3-4,6-9,17,19,21,29,35H,1,5,10-16,18H2,2H3,(H,28,36)(H,31,32,37). The zero-order valence-electron chi connectivity index (χ0n) is 21.7. The quantitative estimate of drug-likeness (QED) is 0.146. The number of aromatic nitrogens is 1. The van der Waals surface area contributed by atoms with E-state index in [4.69, 9.17) is 9.84 Å². The summed E-state index contributed by atoms with van der Waals surface area (Å²) in [6.07, 6.45) is 3.50. The molecule has 0 bridgehead atoms. The van der Waals surface area contributed by atoms with Gasteiger partial charge in [-0.1, -0.05) is 12.1 Å². The summed E-state index contributed by atoms with van der Waals surface area (Å²) in [5, 5.41) is 24.1. The minimum Gasteiger partial charge on any atom is -0.394 e. The number of pyridine rings is 1. The van der Waals surface area contributed by atoms with E-state index >= 15 is 0 Å². The maximum atomic E-state index is 12.9. The smallest absolute Gasteiger partial charge is 0.258 e. The van der Waals surface area contributed by atoms with Crippen LogP contribution in [0.2, 0.25) is 0 Å². The fraction of sp³-hybridized carbons (Fsp3) is 0.423. The number of carbonyl (C=O) groups is 2. The Morgan fingerprint density at radius 2 is 2.13 bits per heavy atom. The van der Waals surface area contributed by atoms with Crippen LogP contribution in [-0.2, 0) is 9.53 Å². The van der Waals surface area contributed by atoms with Gasteiger partial charge in [0.1, 0.15) is 11.7 Å². The van der Waals surface area contributed by atoms with Crippen LogP contribution in [0.1, 0.15) is 23.2 Å². The first-order valence-electron chi connectivity index (χ1n) is 12.5. The lowest BCUT2D eigenvalue weighted by Gasteiger charge is -2.23. The number of para-hydroxylation sites is 2. The molecule has 1 aromatic carbocycles. The molecule has 0 saturated carbocycles. The van der Waals surface area contributed by atoms with Crippen LogP contribution in [0.25, 0.3) is 0 Å². The first-order chi connectivity index (χ1) is 18.5. The second-order valence-corrected chi connectivity index (χ2v) is 8.64. The Labute approximate surface area is 222 Å². The third kappa shape index (κ3) is 8.53. The average molecular weight is 525 g/mol. The van der Waals surface area contributed by atoms with Crippen LogP contribution in [0, 0.1) is 0 Å². The van der Waals surface area contributed by atoms with E-state index in [1.165, 1.54) is 6.20 Å². The largest absolute Gasteiger partial charge is 0.394 e. The van der Waals surface area contributed by atoms with Gasteiger partial charge in [-0.3, -0.25) is 19.6 Å². The molecule has 1 atom stereocenters. The molecular formula is C26H36N8O4. The minimum absolute atomic E-state index is 0.0136. The van der Waals surface area contributed by atoms with Crippen molar-refractivity contribution >= 4 is 42.1 Å². The van der Waals surface area contributed by atoms with Gasteiger partial charge in [-0.2, -0.15) is 5.10 Å². The molecule has 1 unspecified atom stereocenters. The summed E-state index contributed by atoms with van der Waals surface area (Å²) in [5.74, 6) is 1.00. The highest BCUT2D eigenvalue weighted by Gasteiger charge is 2.25. The van der Waals surface area contributed by atoms with E-state index in [-0.39, 0.29) is 18.6 Å². The average Bonchev–Trinajstić information content (AvgIpc) is 3.29. The summed E-state index contributed by atoms with van der Waals surface area (Å²) in [7, 11) is 1.88. The predicted molar refractivity (Wildman–Crippen MR) is 148 cm³/mol. The molecule has 0 aliphatic carbocycles. The predicted octanol–water partition coefficient (Wildman–Crippen LogP) is 1.22. The molecule has 12 heteroatoms. The molecule has 12 nitrogen and oxygen atoms in total. The van der Waals surface area contributed by atoms with Crippen LogP contribution in [0.15, 0.2) is 52.7 Å². The van der Waals surface area contributed by atoms with Gasteiger partial charge in [0.25, 0.3) is 5.91 Å². The summed E-state index contributed by atoms with van der Waals surface area (Å²) in [4.78, 5) is 34.0. The molecule has 0 spiro atoms. The van der Waals surface area contributed by atoms with Gasteiger partial charge < -0.3 is 30.7 Å². The Hall–Kier alpha value is -4.03. The zero-order chi connectivity index (χ0) is 27.2. The minimum atomic E-state index is -0.280. The number of carbonyl (C=O) groups excluding carboxylic acids is 2. The number of anilines is 2. The number of hydrazone groups is 1. The number of hydrogen-bond donors (Lipinski definition) is 4. The highest BCUT2D eigenvalue weighted by Crippen LogP contribution is 2.24. The van der Waals surface area contributed by atoms with E-state index in [1.54, 1.807) is 12.1 Å². The molecule has 1 aliphatic rings. The Balaban J connectivity index is 1.53. The lowest BCUT2D eigenvalue weighted by molar-refractivity contribution is -0.109. The van der Waals surface area contributed by atoms with Crippen molar-refractivity contribution in [1.29, 1.82) is 0 Å². The number of amides is 2. The Kier molecular flexibility index (Phi) is 11.5. The second kappa shape index (κ2) is 15.3. The first kappa shape index (κ1) is 28.5. The maximum absolute atomic E-state index is 12.9. The lowest BCUT2D eigenvalue weighted by atomic mass is 10.2. The van der Waals surface area contributed by atoms with E-state index in [1.807, 2.05) is 41.2 Å². The SMILES string of the molecule is C=Nc1ccccc1NCC1CC(NC(=O)c2ccc(N(CCCOCCO)CCNC=O)nc2)=NN1C. The van der Waals surface area contributed by atoms with Gasteiger partial charge >= 0.3 is 0 Å². The summed E-state index contributed by atoms with van der Waals surface area (Å²) in [5.41, 5.74) is 2.10. The van der Waals surface area contributed by atoms with E-state index in [2.05, 4.69) is 37.7 Å². The van der Waals surface area contributed by atoms with Crippen LogP contribution >= 0.6 is 0 Å². The highest BCUT2D eigenvalue weighted by molar-refractivity contribution is 6.06. The topological polar surface area (TPSA) is 144 Å². The van der Waals surface area contributed by atoms with Crippen molar-refractivity contribution in [3.63, 3.8) is 0 Å². The summed E-state index contributed by atoms with van der Waals surface area (Å²) >= 11 is 0. The number of aliphatic imine (C=N–C) groups is 1. The number of likely N-dealkylation sites (N-methyl/N-ethyl adjacent to an activating group) is 1. The normalized spacial score (nSPS) is 14.5. The van der Waals surface area contributed by atoms with Gasteiger partial charge in [-0.25, -0.2) is 4.98 Å². The van der Waals surface area contributed by atoms with Gasteiger partial charge in [0, 0.05) is 52.5 Å². The van der Waals surface area contributed by atoms with Crippen LogP contribution in [0.3, 0.4) is 0 Å². The number of aliphatic hydroxyl groups is 1. The molecule has 2 heterocycles. The Morgan fingerprint density at radius 1 is 1.29 bits per heavy atom. The number of aliphatic hydroxyl groups excluding tert-OH is 1. The number of ether oxygens (including phenoxy) is 1. The van der Waals surface area contributed by atoms with Crippen molar-refractivity contribution in [2.75, 3.05) is 63.3 Å². The summed E-state index contributed by atoms with van der Waals surface area (Å²) < 4.78 is 5.32. The Morgan fingerprint density at radius 3 is 2.87 bits per heavy atom. The zero-order valence-corrected chi connectivity index (χ0v) is 21.7. The maximum Gasteiger partial charge on any atom is 0.258 e. The molecule has 204 valence electrons. The van der Waals surface area contributed by atoms with Crippen LogP contribution in [0.5, 0.6) is 0 Å². The van der Waals surface area contributed by atoms with Gasteiger partial charge in [0.15, 0.2) is 0 Å². The number of hydrogen-bond acceptors (Lipinski definition) is 10. The third-order valence-corrected chi connectivity index (χ3v) is 5.99. The molecule has 38 heavy (non-hydrogen) atoms. The molecule has 2 aromatic rings. The lowest BCUT2D eigenvalue weighted by Crippen LogP contribution is -2.34. The molecule has 4 N–H and O–H groups in total. The number of nitrogens with one attached hydrogen (secondary N) is 3. The first-order valence-corrected chi connectivity index (χ1v) is 12.5. The molecule has 0 fully saturated rings. The van der Waals surface area contributed by atoms with E-state index < -0.39 is 0 Å². The van der Waals surface area contributed by atoms with Crippen LogP contribution in [-0.4, -0.2) is 99.1 Å². The monoisotopic (exact) mass is 524 g/mol. The number of amidine groups is 1.